The highest BCUT2D eigenvalue weighted by Crippen LogP contribution is 2.01. The van der Waals surface area contributed by atoms with Crippen LogP contribution < -0.4 is 5.73 Å². The predicted molar refractivity (Wildman–Crippen MR) is 40.3 cm³/mol. The molecule has 0 aromatic heterocycles. The number of amides is 1. The van der Waals surface area contributed by atoms with Gasteiger partial charge in [0.25, 0.3) is 0 Å². The fourth-order valence-electron chi connectivity index (χ4n) is 0.363. The summed E-state index contributed by atoms with van der Waals surface area (Å²) in [7, 11) is 3.70. The fraction of sp³-hybridized carbons (Fsp3) is 0.800. The van der Waals surface area contributed by atoms with Gasteiger partial charge in [0.05, 0.1) is 11.8 Å². The molecule has 0 spiro atoms. The molecule has 0 aromatic rings. The van der Waals surface area contributed by atoms with Crippen molar-refractivity contribution in [2.45, 2.75) is 11.8 Å². The Bertz CT molecular complexity index is 105. The molecule has 0 saturated carbocycles. The topological polar surface area (TPSA) is 46.3 Å². The highest BCUT2D eigenvalue weighted by molar-refractivity contribution is 7.80. The fourth-order valence-corrected chi connectivity index (χ4v) is 0.542. The number of hydrogen-bond donors (Lipinski definition) is 2. The molecule has 2 N–H and O–H groups in total. The Hall–Kier alpha value is -0.220. The van der Waals surface area contributed by atoms with Crippen LogP contribution >= 0.6 is 12.6 Å². The average molecular weight is 148 g/mol. The summed E-state index contributed by atoms with van der Waals surface area (Å²) in [5.41, 5.74) is 4.92. The van der Waals surface area contributed by atoms with Gasteiger partial charge in [-0.05, 0) is 14.1 Å². The number of nitrogens with two attached hydrogens (primary N) is 1. The lowest BCUT2D eigenvalue weighted by atomic mass is 10.4. The second-order valence-electron chi connectivity index (χ2n) is 2.11. The van der Waals surface area contributed by atoms with Crippen molar-refractivity contribution in [1.29, 1.82) is 0 Å². The van der Waals surface area contributed by atoms with E-state index >= 15 is 0 Å². The zero-order valence-corrected chi connectivity index (χ0v) is 6.56. The Balaban J connectivity index is 3.50. The summed E-state index contributed by atoms with van der Waals surface area (Å²) in [6, 6.07) is 0. The first-order valence-corrected chi connectivity index (χ1v) is 3.18. The monoisotopic (exact) mass is 148 g/mol. The van der Waals surface area contributed by atoms with Gasteiger partial charge in [0.2, 0.25) is 5.91 Å². The molecule has 0 saturated heterocycles. The van der Waals surface area contributed by atoms with Crippen LogP contribution in [-0.4, -0.2) is 30.3 Å². The molecule has 0 aliphatic carbocycles. The molecule has 1 amide bonds. The molecule has 0 aromatic carbocycles. The Morgan fingerprint density at radius 2 is 2.22 bits per heavy atom. The third-order valence-electron chi connectivity index (χ3n) is 0.980. The van der Waals surface area contributed by atoms with Crippen LogP contribution in [0.1, 0.15) is 6.42 Å². The van der Waals surface area contributed by atoms with Crippen LogP contribution in [0.5, 0.6) is 0 Å². The van der Waals surface area contributed by atoms with E-state index in [1.54, 1.807) is 0 Å². The van der Waals surface area contributed by atoms with E-state index in [0.29, 0.717) is 6.42 Å². The van der Waals surface area contributed by atoms with Crippen LogP contribution in [0, 0.1) is 0 Å². The largest absolute Gasteiger partial charge is 0.370 e. The molecule has 0 heterocycles. The summed E-state index contributed by atoms with van der Waals surface area (Å²) in [6.45, 7) is 0. The molecule has 0 aliphatic heterocycles. The summed E-state index contributed by atoms with van der Waals surface area (Å²) in [5.74, 6) is -0.316. The number of nitrogens with zero attached hydrogens (tertiary/aromatic N) is 1. The molecule has 1 unspecified atom stereocenters. The van der Waals surface area contributed by atoms with E-state index in [1.165, 1.54) is 0 Å². The summed E-state index contributed by atoms with van der Waals surface area (Å²) in [6.07, 6.45) is 0.302. The van der Waals surface area contributed by atoms with Gasteiger partial charge in [-0.15, -0.1) is 0 Å². The van der Waals surface area contributed by atoms with E-state index in [1.807, 2.05) is 19.0 Å². The lowest BCUT2D eigenvalue weighted by Gasteiger charge is -2.16. The number of carbonyl (C=O) groups excluding carboxylic acids is 1. The molecule has 3 nitrogen and oxygen atoms in total. The van der Waals surface area contributed by atoms with Crippen LogP contribution in [0.3, 0.4) is 0 Å². The van der Waals surface area contributed by atoms with Crippen molar-refractivity contribution in [2.24, 2.45) is 5.73 Å². The van der Waals surface area contributed by atoms with Crippen molar-refractivity contribution in [1.82, 2.24) is 4.90 Å². The van der Waals surface area contributed by atoms with Gasteiger partial charge in [0.1, 0.15) is 0 Å². The van der Waals surface area contributed by atoms with Gasteiger partial charge < -0.3 is 5.73 Å². The quantitative estimate of drug-likeness (QED) is 0.425. The molecule has 1 atom stereocenters. The van der Waals surface area contributed by atoms with Gasteiger partial charge >= 0.3 is 0 Å². The van der Waals surface area contributed by atoms with Crippen molar-refractivity contribution >= 4 is 18.5 Å². The number of thiol groups is 1. The maximum atomic E-state index is 10.3. The first kappa shape index (κ1) is 8.78. The highest BCUT2D eigenvalue weighted by atomic mass is 32.1. The van der Waals surface area contributed by atoms with E-state index in [2.05, 4.69) is 12.6 Å². The third kappa shape index (κ3) is 4.29. The molecule has 0 fully saturated rings. The second-order valence-corrected chi connectivity index (χ2v) is 2.71. The van der Waals surface area contributed by atoms with Gasteiger partial charge in [-0.1, -0.05) is 0 Å². The van der Waals surface area contributed by atoms with Crippen molar-refractivity contribution < 1.29 is 4.79 Å². The lowest BCUT2D eigenvalue weighted by Crippen LogP contribution is -2.28. The Kier molecular flexibility index (Phi) is 3.65. The summed E-state index contributed by atoms with van der Waals surface area (Å²) >= 11 is 4.09. The van der Waals surface area contributed by atoms with Crippen molar-refractivity contribution in [3.63, 3.8) is 0 Å². The smallest absolute Gasteiger partial charge is 0.219 e. The van der Waals surface area contributed by atoms with Crippen LogP contribution in [0.2, 0.25) is 0 Å². The average Bonchev–Trinajstić information content (AvgIpc) is 1.63. The molecule has 4 heteroatoms. The highest BCUT2D eigenvalue weighted by Gasteiger charge is 2.07. The SMILES string of the molecule is CN(C)C(S)CC(N)=O. The Morgan fingerprint density at radius 1 is 1.78 bits per heavy atom. The number of primary amides is 1. The first-order chi connectivity index (χ1) is 4.04. The second kappa shape index (κ2) is 3.74. The van der Waals surface area contributed by atoms with Crippen LogP contribution in [0.25, 0.3) is 0 Å². The Morgan fingerprint density at radius 3 is 2.33 bits per heavy atom. The minimum atomic E-state index is -0.316. The van der Waals surface area contributed by atoms with Gasteiger partial charge in [0, 0.05) is 0 Å². The summed E-state index contributed by atoms with van der Waals surface area (Å²) in [4.78, 5) is 12.1. The van der Waals surface area contributed by atoms with E-state index in [-0.39, 0.29) is 11.3 Å². The van der Waals surface area contributed by atoms with Crippen molar-refractivity contribution in [3.05, 3.63) is 0 Å². The zero-order chi connectivity index (χ0) is 7.44. The standard InChI is InChI=1S/C5H12N2OS/c1-7(2)5(9)3-4(6)8/h5,9H,3H2,1-2H3,(H2,6,8). The van der Waals surface area contributed by atoms with Gasteiger partial charge in [0.15, 0.2) is 0 Å². The Labute approximate surface area is 60.6 Å². The summed E-state index contributed by atoms with van der Waals surface area (Å²) in [5, 5.41) is -0.0532. The zero-order valence-electron chi connectivity index (χ0n) is 5.66. The molecule has 54 valence electrons. The van der Waals surface area contributed by atoms with Gasteiger partial charge in [-0.25, -0.2) is 0 Å². The molecule has 0 aliphatic rings. The predicted octanol–water partition coefficient (Wildman–Crippen LogP) is -0.321. The number of hydrogen-bond acceptors (Lipinski definition) is 3. The number of rotatable bonds is 3. The molecular formula is C5H12N2OS. The maximum absolute atomic E-state index is 10.3. The lowest BCUT2D eigenvalue weighted by molar-refractivity contribution is -0.118. The molecular weight excluding hydrogens is 136 g/mol. The van der Waals surface area contributed by atoms with E-state index in [0.717, 1.165) is 0 Å². The van der Waals surface area contributed by atoms with Gasteiger partial charge in [-0.3, -0.25) is 9.69 Å². The minimum absolute atomic E-state index is 0.0532. The summed E-state index contributed by atoms with van der Waals surface area (Å²) < 4.78 is 0. The molecule has 0 radical (unpaired) electrons. The number of carbonyl (C=O) groups is 1. The van der Waals surface area contributed by atoms with E-state index in [4.69, 9.17) is 5.73 Å². The molecule has 0 rings (SSSR count). The van der Waals surface area contributed by atoms with Crippen LogP contribution in [0.15, 0.2) is 0 Å². The van der Waals surface area contributed by atoms with Crippen LogP contribution in [-0.2, 0) is 4.79 Å². The molecule has 9 heavy (non-hydrogen) atoms. The third-order valence-corrected chi connectivity index (χ3v) is 1.62. The van der Waals surface area contributed by atoms with Crippen molar-refractivity contribution in [2.75, 3.05) is 14.1 Å². The minimum Gasteiger partial charge on any atom is -0.370 e. The first-order valence-electron chi connectivity index (χ1n) is 2.67. The van der Waals surface area contributed by atoms with Crippen molar-refractivity contribution in [3.8, 4) is 0 Å². The van der Waals surface area contributed by atoms with E-state index < -0.39 is 0 Å². The normalized spacial score (nSPS) is 13.8. The van der Waals surface area contributed by atoms with E-state index in [9.17, 15) is 4.79 Å². The van der Waals surface area contributed by atoms with Crippen LogP contribution in [0.4, 0.5) is 0 Å². The van der Waals surface area contributed by atoms with Gasteiger partial charge in [-0.2, -0.15) is 12.6 Å². The maximum Gasteiger partial charge on any atom is 0.219 e. The molecule has 0 bridgehead atoms.